The molecule has 0 aromatic rings. The van der Waals surface area contributed by atoms with Crippen LogP contribution in [0.3, 0.4) is 0 Å². The van der Waals surface area contributed by atoms with E-state index in [0.717, 1.165) is 0 Å². The second-order valence-electron chi connectivity index (χ2n) is 2.73. The van der Waals surface area contributed by atoms with Crippen LogP contribution in [0.15, 0.2) is 0 Å². The third-order valence-electron chi connectivity index (χ3n) is 0.809. The predicted octanol–water partition coefficient (Wildman–Crippen LogP) is -0.0968. The van der Waals surface area contributed by atoms with Crippen molar-refractivity contribution in [2.45, 2.75) is 26.8 Å². The summed E-state index contributed by atoms with van der Waals surface area (Å²) in [7, 11) is -3.38. The molecule has 0 saturated carbocycles. The summed E-state index contributed by atoms with van der Waals surface area (Å²) >= 11 is 0. The summed E-state index contributed by atoms with van der Waals surface area (Å²) in [5.41, 5.74) is 0. The molecule has 1 N–H and O–H groups in total. The van der Waals surface area contributed by atoms with Gasteiger partial charge in [0.1, 0.15) is 11.5 Å². The Kier molecular flexibility index (Phi) is 3.68. The van der Waals surface area contributed by atoms with Gasteiger partial charge in [0, 0.05) is 6.04 Å². The molecule has 0 saturated heterocycles. The van der Waals surface area contributed by atoms with Crippen LogP contribution in [0.25, 0.3) is 0 Å². The minimum absolute atomic E-state index is 0.153. The van der Waals surface area contributed by atoms with Crippen LogP contribution in [-0.4, -0.2) is 26.0 Å². The molecule has 0 amide bonds. The lowest BCUT2D eigenvalue weighted by Crippen LogP contribution is -2.34. The number of carbonyl (C=O) groups excluding carboxylic acids is 1. The van der Waals surface area contributed by atoms with Crippen molar-refractivity contribution in [3.8, 4) is 0 Å². The molecule has 0 spiro atoms. The van der Waals surface area contributed by atoms with E-state index in [1.165, 1.54) is 6.92 Å². The Morgan fingerprint density at radius 2 is 1.91 bits per heavy atom. The Morgan fingerprint density at radius 3 is 2.18 bits per heavy atom. The van der Waals surface area contributed by atoms with Gasteiger partial charge in [0.2, 0.25) is 10.0 Å². The van der Waals surface area contributed by atoms with Gasteiger partial charge in [-0.25, -0.2) is 13.1 Å². The number of Topliss-reactive ketones (excluding diaryl/α,β-unsaturated/α-hetero) is 1. The second-order valence-corrected chi connectivity index (χ2v) is 4.49. The van der Waals surface area contributed by atoms with E-state index in [4.69, 9.17) is 0 Å². The maximum atomic E-state index is 10.9. The van der Waals surface area contributed by atoms with E-state index in [9.17, 15) is 13.2 Å². The first-order valence-electron chi connectivity index (χ1n) is 3.33. The molecule has 4 nitrogen and oxygen atoms in total. The summed E-state index contributed by atoms with van der Waals surface area (Å²) in [5, 5.41) is 0. The molecule has 66 valence electrons. The second kappa shape index (κ2) is 3.82. The highest BCUT2D eigenvalue weighted by atomic mass is 32.2. The molecule has 0 aliphatic rings. The molecule has 0 bridgehead atoms. The van der Waals surface area contributed by atoms with Crippen molar-refractivity contribution in [3.63, 3.8) is 0 Å². The van der Waals surface area contributed by atoms with Gasteiger partial charge >= 0.3 is 0 Å². The van der Waals surface area contributed by atoms with Gasteiger partial charge in [0.05, 0.1) is 0 Å². The fourth-order valence-corrected chi connectivity index (χ4v) is 2.01. The van der Waals surface area contributed by atoms with Crippen molar-refractivity contribution in [2.24, 2.45) is 0 Å². The Hall–Kier alpha value is -0.420. The lowest BCUT2D eigenvalue weighted by Gasteiger charge is -2.06. The molecule has 0 atom stereocenters. The van der Waals surface area contributed by atoms with Crippen LogP contribution in [0, 0.1) is 0 Å². The minimum Gasteiger partial charge on any atom is -0.299 e. The number of rotatable bonds is 4. The predicted molar refractivity (Wildman–Crippen MR) is 42.7 cm³/mol. The highest BCUT2D eigenvalue weighted by Crippen LogP contribution is 1.88. The van der Waals surface area contributed by atoms with E-state index >= 15 is 0 Å². The van der Waals surface area contributed by atoms with Crippen LogP contribution < -0.4 is 4.72 Å². The van der Waals surface area contributed by atoms with E-state index < -0.39 is 15.8 Å². The first kappa shape index (κ1) is 10.6. The molecule has 0 aromatic heterocycles. The zero-order valence-corrected chi connectivity index (χ0v) is 7.73. The summed E-state index contributed by atoms with van der Waals surface area (Å²) in [5.74, 6) is -0.774. The average Bonchev–Trinajstić information content (AvgIpc) is 1.53. The third kappa shape index (κ3) is 6.00. The molecular formula is C6H13NO3S. The topological polar surface area (TPSA) is 63.2 Å². The van der Waals surface area contributed by atoms with Crippen LogP contribution in [0.4, 0.5) is 0 Å². The Bertz CT molecular complexity index is 230. The molecule has 0 fully saturated rings. The smallest absolute Gasteiger partial charge is 0.218 e. The zero-order valence-electron chi connectivity index (χ0n) is 6.92. The van der Waals surface area contributed by atoms with E-state index in [-0.39, 0.29) is 11.8 Å². The van der Waals surface area contributed by atoms with Gasteiger partial charge < -0.3 is 0 Å². The largest absolute Gasteiger partial charge is 0.299 e. The normalized spacial score (nSPS) is 12.0. The minimum atomic E-state index is -3.38. The maximum Gasteiger partial charge on any atom is 0.218 e. The van der Waals surface area contributed by atoms with E-state index in [1.807, 2.05) is 0 Å². The number of carbonyl (C=O) groups is 1. The monoisotopic (exact) mass is 179 g/mol. The van der Waals surface area contributed by atoms with Gasteiger partial charge in [0.15, 0.2) is 0 Å². The third-order valence-corrected chi connectivity index (χ3v) is 2.43. The highest BCUT2D eigenvalue weighted by molar-refractivity contribution is 7.90. The molecule has 0 radical (unpaired) electrons. The highest BCUT2D eigenvalue weighted by Gasteiger charge is 2.13. The molecular weight excluding hydrogens is 166 g/mol. The van der Waals surface area contributed by atoms with Gasteiger partial charge in [-0.2, -0.15) is 0 Å². The van der Waals surface area contributed by atoms with Gasteiger partial charge in [-0.1, -0.05) is 0 Å². The number of hydrogen-bond acceptors (Lipinski definition) is 3. The standard InChI is InChI=1S/C6H13NO3S/c1-5(2)7-11(9,10)4-6(3)8/h5,7H,4H2,1-3H3. The van der Waals surface area contributed by atoms with Crippen LogP contribution in [0.5, 0.6) is 0 Å². The summed E-state index contributed by atoms with van der Waals surface area (Å²) < 4.78 is 24.1. The Labute approximate surface area is 67.0 Å². The number of ketones is 1. The van der Waals surface area contributed by atoms with E-state index in [0.29, 0.717) is 0 Å². The van der Waals surface area contributed by atoms with Crippen molar-refractivity contribution in [3.05, 3.63) is 0 Å². The first-order valence-corrected chi connectivity index (χ1v) is 4.98. The number of hydrogen-bond donors (Lipinski definition) is 1. The van der Waals surface area contributed by atoms with E-state index in [2.05, 4.69) is 4.72 Å². The summed E-state index contributed by atoms with van der Waals surface area (Å²) in [6.07, 6.45) is 0. The number of nitrogens with one attached hydrogen (secondary N) is 1. The fourth-order valence-electron chi connectivity index (χ4n) is 0.668. The average molecular weight is 179 g/mol. The quantitative estimate of drug-likeness (QED) is 0.655. The molecule has 0 rings (SSSR count). The van der Waals surface area contributed by atoms with Gasteiger partial charge in [-0.3, -0.25) is 4.79 Å². The van der Waals surface area contributed by atoms with Crippen LogP contribution in [-0.2, 0) is 14.8 Å². The molecule has 0 aromatic carbocycles. The van der Waals surface area contributed by atoms with Gasteiger partial charge in [-0.15, -0.1) is 0 Å². The number of sulfonamides is 1. The van der Waals surface area contributed by atoms with E-state index in [1.54, 1.807) is 13.8 Å². The van der Waals surface area contributed by atoms with Gasteiger partial charge in [-0.05, 0) is 20.8 Å². The summed E-state index contributed by atoms with van der Waals surface area (Å²) in [6, 6.07) is -0.153. The zero-order chi connectivity index (χ0) is 9.07. The van der Waals surface area contributed by atoms with Crippen LogP contribution >= 0.6 is 0 Å². The van der Waals surface area contributed by atoms with Crippen LogP contribution in [0.1, 0.15) is 20.8 Å². The van der Waals surface area contributed by atoms with Crippen molar-refractivity contribution in [2.75, 3.05) is 5.75 Å². The summed E-state index contributed by atoms with van der Waals surface area (Å²) in [6.45, 7) is 4.66. The molecule has 0 aliphatic carbocycles. The maximum absolute atomic E-state index is 10.9. The fraction of sp³-hybridized carbons (Fsp3) is 0.833. The molecule has 11 heavy (non-hydrogen) atoms. The lowest BCUT2D eigenvalue weighted by molar-refractivity contribution is -0.114. The van der Waals surface area contributed by atoms with Crippen molar-refractivity contribution < 1.29 is 13.2 Å². The lowest BCUT2D eigenvalue weighted by atomic mass is 10.4. The molecule has 0 heterocycles. The molecule has 0 aliphatic heterocycles. The van der Waals surface area contributed by atoms with Gasteiger partial charge in [0.25, 0.3) is 0 Å². The molecule has 0 unspecified atom stereocenters. The van der Waals surface area contributed by atoms with Crippen LogP contribution in [0.2, 0.25) is 0 Å². The first-order chi connectivity index (χ1) is 4.83. The van der Waals surface area contributed by atoms with Crippen molar-refractivity contribution >= 4 is 15.8 Å². The SMILES string of the molecule is CC(=O)CS(=O)(=O)NC(C)C. The van der Waals surface area contributed by atoms with Crippen molar-refractivity contribution in [1.82, 2.24) is 4.72 Å². The van der Waals surface area contributed by atoms with Crippen molar-refractivity contribution in [1.29, 1.82) is 0 Å². The Balaban J connectivity index is 4.14. The summed E-state index contributed by atoms with van der Waals surface area (Å²) in [4.78, 5) is 10.4. The Morgan fingerprint density at radius 1 is 1.45 bits per heavy atom. The molecule has 5 heteroatoms.